The van der Waals surface area contributed by atoms with E-state index in [-0.39, 0.29) is 0 Å². The highest BCUT2D eigenvalue weighted by molar-refractivity contribution is 6.32. The second kappa shape index (κ2) is 10.2. The Balaban J connectivity index is 4.95. The summed E-state index contributed by atoms with van der Waals surface area (Å²) in [7, 11) is 0. The summed E-state index contributed by atoms with van der Waals surface area (Å²) in [5, 5.41) is 66.1. The van der Waals surface area contributed by atoms with Gasteiger partial charge in [0.2, 0.25) is 11.7 Å². The number of hydrogen-bond acceptors (Lipinski definition) is 9. The molecule has 5 atom stereocenters. The number of carboxylic acids is 1. The van der Waals surface area contributed by atoms with E-state index in [1.807, 2.05) is 0 Å². The topological polar surface area (TPSA) is 205 Å². The van der Waals surface area contributed by atoms with Gasteiger partial charge >= 0.3 is 5.97 Å². The second-order valence-corrected chi connectivity index (χ2v) is 4.88. The lowest BCUT2D eigenvalue weighted by Gasteiger charge is -2.28. The predicted molar refractivity (Wildman–Crippen MR) is 72.0 cm³/mol. The van der Waals surface area contributed by atoms with Crippen molar-refractivity contribution in [3.63, 3.8) is 0 Å². The Morgan fingerprint density at radius 3 is 1.91 bits per heavy atom. The normalized spacial score (nSPS) is 17.7. The summed E-state index contributed by atoms with van der Waals surface area (Å²) in [5.41, 5.74) is 0. The molecule has 0 saturated heterocycles. The van der Waals surface area contributed by atoms with E-state index in [0.29, 0.717) is 0 Å². The Labute approximate surface area is 130 Å². The number of aliphatic carboxylic acids is 1. The summed E-state index contributed by atoms with van der Waals surface area (Å²) in [4.78, 5) is 32.7. The second-order valence-electron chi connectivity index (χ2n) is 4.88. The van der Waals surface area contributed by atoms with Gasteiger partial charge in [0.25, 0.3) is 0 Å². The van der Waals surface area contributed by atoms with Gasteiger partial charge in [-0.1, -0.05) is 0 Å². The standard InChI is InChI=1S/C12H21NO10/c14-3-9(19)11(21)7(17)1-5(13-10(20)4-15)6(16)2-8(18)12(22)23/h5-7,9,11,14-17,19,21H,1-4H2,(H,13,20)(H,22,23)/t5-,6+,7-,9-,11+/m1/s1. The smallest absolute Gasteiger partial charge is 0.372 e. The molecule has 0 bridgehead atoms. The molecule has 0 aliphatic rings. The van der Waals surface area contributed by atoms with Crippen molar-refractivity contribution < 1.29 is 50.1 Å². The van der Waals surface area contributed by atoms with Crippen molar-refractivity contribution in [1.29, 1.82) is 0 Å². The van der Waals surface area contributed by atoms with Crippen LogP contribution in [0, 0.1) is 0 Å². The van der Waals surface area contributed by atoms with Crippen molar-refractivity contribution in [2.45, 2.75) is 43.3 Å². The number of carbonyl (C=O) groups is 3. The number of nitrogens with one attached hydrogen (secondary N) is 1. The van der Waals surface area contributed by atoms with Gasteiger partial charge in [0, 0.05) is 6.42 Å². The highest BCUT2D eigenvalue weighted by atomic mass is 16.4. The molecule has 23 heavy (non-hydrogen) atoms. The van der Waals surface area contributed by atoms with E-state index in [9.17, 15) is 34.8 Å². The van der Waals surface area contributed by atoms with Gasteiger partial charge in [-0.3, -0.25) is 9.59 Å². The zero-order valence-corrected chi connectivity index (χ0v) is 12.1. The minimum atomic E-state index is -1.81. The number of ketones is 1. The average molecular weight is 339 g/mol. The van der Waals surface area contributed by atoms with E-state index in [0.717, 1.165) is 0 Å². The van der Waals surface area contributed by atoms with Crippen molar-refractivity contribution in [2.75, 3.05) is 13.2 Å². The number of carbonyl (C=O) groups excluding carboxylic acids is 2. The Morgan fingerprint density at radius 2 is 1.48 bits per heavy atom. The molecule has 0 aromatic rings. The maximum Gasteiger partial charge on any atom is 0.372 e. The van der Waals surface area contributed by atoms with Crippen LogP contribution in [0.25, 0.3) is 0 Å². The molecule has 11 heteroatoms. The zero-order valence-electron chi connectivity index (χ0n) is 12.1. The SMILES string of the molecule is O=C(CO)N[C@H](C[C@@H](O)[C@H](O)[C@H](O)CO)[C@@H](O)CC(=O)C(=O)O. The van der Waals surface area contributed by atoms with E-state index >= 15 is 0 Å². The molecule has 8 N–H and O–H groups in total. The van der Waals surface area contributed by atoms with Gasteiger partial charge in [-0.05, 0) is 6.42 Å². The highest BCUT2D eigenvalue weighted by Gasteiger charge is 2.32. The van der Waals surface area contributed by atoms with Crippen molar-refractivity contribution in [2.24, 2.45) is 0 Å². The molecule has 0 aliphatic carbocycles. The molecule has 0 fully saturated rings. The quantitative estimate of drug-likeness (QED) is 0.169. The summed E-state index contributed by atoms with van der Waals surface area (Å²) >= 11 is 0. The number of aliphatic hydroxyl groups excluding tert-OH is 6. The van der Waals surface area contributed by atoms with Crippen LogP contribution in [0.2, 0.25) is 0 Å². The molecule has 0 spiro atoms. The molecule has 0 aliphatic heterocycles. The lowest BCUT2D eigenvalue weighted by atomic mass is 9.95. The Bertz CT molecular complexity index is 415. The van der Waals surface area contributed by atoms with Gasteiger partial charge in [-0.15, -0.1) is 0 Å². The first kappa shape index (κ1) is 21.4. The molecule has 0 aromatic heterocycles. The molecular weight excluding hydrogens is 318 g/mol. The first-order chi connectivity index (χ1) is 10.6. The summed E-state index contributed by atoms with van der Waals surface area (Å²) in [6.07, 6.45) is -8.37. The van der Waals surface area contributed by atoms with E-state index in [4.69, 9.17) is 15.3 Å². The molecule has 0 rings (SSSR count). The molecule has 0 unspecified atom stereocenters. The Hall–Kier alpha value is -1.63. The third kappa shape index (κ3) is 7.45. The van der Waals surface area contributed by atoms with Crippen LogP contribution < -0.4 is 5.32 Å². The van der Waals surface area contributed by atoms with E-state index in [1.54, 1.807) is 0 Å². The summed E-state index contributed by atoms with van der Waals surface area (Å²) in [5.74, 6) is -4.11. The Morgan fingerprint density at radius 1 is 0.913 bits per heavy atom. The number of amides is 1. The van der Waals surface area contributed by atoms with Crippen LogP contribution in [0.3, 0.4) is 0 Å². The van der Waals surface area contributed by atoms with Crippen LogP contribution in [0.5, 0.6) is 0 Å². The van der Waals surface area contributed by atoms with Crippen LogP contribution in [0.15, 0.2) is 0 Å². The predicted octanol–water partition coefficient (Wildman–Crippen LogP) is -4.67. The summed E-state index contributed by atoms with van der Waals surface area (Å²) < 4.78 is 0. The number of rotatable bonds is 11. The van der Waals surface area contributed by atoms with Gasteiger partial charge in [0.1, 0.15) is 18.8 Å². The van der Waals surface area contributed by atoms with Crippen LogP contribution >= 0.6 is 0 Å². The van der Waals surface area contributed by atoms with Crippen molar-refractivity contribution >= 4 is 17.7 Å². The zero-order chi connectivity index (χ0) is 18.2. The van der Waals surface area contributed by atoms with Gasteiger partial charge in [-0.2, -0.15) is 0 Å². The fourth-order valence-electron chi connectivity index (χ4n) is 1.75. The molecule has 0 heterocycles. The minimum absolute atomic E-state index is 0.571. The van der Waals surface area contributed by atoms with E-state index in [2.05, 4.69) is 5.32 Å². The number of carboxylic acid groups (broad SMARTS) is 1. The molecule has 0 saturated carbocycles. The van der Waals surface area contributed by atoms with Crippen LogP contribution in [-0.4, -0.2) is 97.1 Å². The Kier molecular flexibility index (Phi) is 9.48. The van der Waals surface area contributed by atoms with Crippen molar-refractivity contribution in [3.8, 4) is 0 Å². The third-order valence-electron chi connectivity index (χ3n) is 3.06. The number of Topliss-reactive ketones (excluding diaryl/α,β-unsaturated/α-hetero) is 1. The lowest BCUT2D eigenvalue weighted by Crippen LogP contribution is -2.50. The minimum Gasteiger partial charge on any atom is -0.475 e. The molecular formula is C12H21NO10. The maximum atomic E-state index is 11.2. The van der Waals surface area contributed by atoms with Gasteiger partial charge in [0.15, 0.2) is 0 Å². The average Bonchev–Trinajstić information content (AvgIpc) is 2.51. The molecule has 0 radical (unpaired) electrons. The number of hydrogen-bond donors (Lipinski definition) is 8. The lowest BCUT2D eigenvalue weighted by molar-refractivity contribution is -0.150. The van der Waals surface area contributed by atoms with Crippen molar-refractivity contribution in [1.82, 2.24) is 5.32 Å². The van der Waals surface area contributed by atoms with Crippen molar-refractivity contribution in [3.05, 3.63) is 0 Å². The maximum absolute atomic E-state index is 11.2. The molecule has 134 valence electrons. The van der Waals surface area contributed by atoms with Gasteiger partial charge in [-0.25, -0.2) is 4.79 Å². The monoisotopic (exact) mass is 339 g/mol. The van der Waals surface area contributed by atoms with Gasteiger partial charge in [0.05, 0.1) is 24.9 Å². The fourth-order valence-corrected chi connectivity index (χ4v) is 1.75. The van der Waals surface area contributed by atoms with Crippen LogP contribution in [-0.2, 0) is 14.4 Å². The highest BCUT2D eigenvalue weighted by Crippen LogP contribution is 2.12. The third-order valence-corrected chi connectivity index (χ3v) is 3.06. The summed E-state index contributed by atoms with van der Waals surface area (Å²) in [6, 6.07) is -1.38. The van der Waals surface area contributed by atoms with E-state index in [1.165, 1.54) is 0 Å². The van der Waals surface area contributed by atoms with Gasteiger partial charge < -0.3 is 41.1 Å². The van der Waals surface area contributed by atoms with Crippen LogP contribution in [0.1, 0.15) is 12.8 Å². The summed E-state index contributed by atoms with van der Waals surface area (Å²) in [6.45, 7) is -1.82. The molecule has 0 aromatic carbocycles. The van der Waals surface area contributed by atoms with E-state index < -0.39 is 74.2 Å². The first-order valence-electron chi connectivity index (χ1n) is 6.63. The fraction of sp³-hybridized carbons (Fsp3) is 0.750. The molecule has 1 amide bonds. The molecule has 11 nitrogen and oxygen atoms in total. The first-order valence-corrected chi connectivity index (χ1v) is 6.63. The number of aliphatic hydroxyl groups is 6. The van der Waals surface area contributed by atoms with Crippen LogP contribution in [0.4, 0.5) is 0 Å². The largest absolute Gasteiger partial charge is 0.475 e.